The minimum absolute atomic E-state index is 0.306. The quantitative estimate of drug-likeness (QED) is 0.709. The van der Waals surface area contributed by atoms with E-state index < -0.39 is 11.7 Å². The summed E-state index contributed by atoms with van der Waals surface area (Å²) in [6.07, 6.45) is 4.42. The van der Waals surface area contributed by atoms with Crippen molar-refractivity contribution in [3.63, 3.8) is 0 Å². The number of carbonyl (C=O) groups excluding carboxylic acids is 1. The first-order valence-electron chi connectivity index (χ1n) is 8.14. The van der Waals surface area contributed by atoms with E-state index in [9.17, 15) is 9.90 Å². The van der Waals surface area contributed by atoms with Crippen molar-refractivity contribution < 1.29 is 14.6 Å². The molecule has 0 heterocycles. The van der Waals surface area contributed by atoms with Crippen LogP contribution in [-0.2, 0) is 4.74 Å². The predicted molar refractivity (Wildman–Crippen MR) is 84.3 cm³/mol. The largest absolute Gasteiger partial charge is 0.444 e. The molecule has 1 rings (SSSR count). The number of carbonyl (C=O) groups is 1. The number of ether oxygens (including phenoxy) is 1. The van der Waals surface area contributed by atoms with Crippen LogP contribution in [0.1, 0.15) is 53.4 Å². The van der Waals surface area contributed by atoms with Crippen LogP contribution in [0.25, 0.3) is 0 Å². The number of rotatable bonds is 7. The molecule has 0 aromatic carbocycles. The summed E-state index contributed by atoms with van der Waals surface area (Å²) in [5.74, 6) is 0.789. The third kappa shape index (κ3) is 8.27. The van der Waals surface area contributed by atoms with Crippen molar-refractivity contribution in [1.82, 2.24) is 10.2 Å². The number of nitrogens with zero attached hydrogens (tertiary/aromatic N) is 1. The van der Waals surface area contributed by atoms with Crippen LogP contribution in [-0.4, -0.2) is 54.0 Å². The Kier molecular flexibility index (Phi) is 7.46. The SMILES string of the molecule is CC(O)CN(CCNCC1CCCC1)C(=O)OC(C)(C)C. The van der Waals surface area contributed by atoms with E-state index in [1.807, 2.05) is 20.8 Å². The van der Waals surface area contributed by atoms with E-state index in [1.165, 1.54) is 25.7 Å². The van der Waals surface area contributed by atoms with E-state index in [0.717, 1.165) is 19.0 Å². The van der Waals surface area contributed by atoms with Gasteiger partial charge in [0.05, 0.1) is 6.10 Å². The molecule has 1 fully saturated rings. The minimum Gasteiger partial charge on any atom is -0.444 e. The lowest BCUT2D eigenvalue weighted by atomic mass is 10.1. The molecule has 1 unspecified atom stereocenters. The van der Waals surface area contributed by atoms with Crippen molar-refractivity contribution in [2.45, 2.75) is 65.1 Å². The minimum atomic E-state index is -0.549. The molecular formula is C16H32N2O3. The van der Waals surface area contributed by atoms with Crippen LogP contribution >= 0.6 is 0 Å². The Morgan fingerprint density at radius 1 is 1.38 bits per heavy atom. The van der Waals surface area contributed by atoms with Gasteiger partial charge in [0.1, 0.15) is 5.60 Å². The zero-order valence-electron chi connectivity index (χ0n) is 14.0. The van der Waals surface area contributed by atoms with E-state index in [-0.39, 0.29) is 6.09 Å². The second-order valence-corrected chi connectivity index (χ2v) is 7.13. The average molecular weight is 300 g/mol. The number of aliphatic hydroxyl groups excluding tert-OH is 1. The molecule has 0 bridgehead atoms. The second-order valence-electron chi connectivity index (χ2n) is 7.13. The Hall–Kier alpha value is -0.810. The molecular weight excluding hydrogens is 268 g/mol. The zero-order valence-corrected chi connectivity index (χ0v) is 14.0. The molecule has 1 aliphatic carbocycles. The van der Waals surface area contributed by atoms with Crippen molar-refractivity contribution in [3.8, 4) is 0 Å². The van der Waals surface area contributed by atoms with Crippen molar-refractivity contribution >= 4 is 6.09 Å². The molecule has 1 amide bonds. The van der Waals surface area contributed by atoms with Crippen LogP contribution < -0.4 is 5.32 Å². The van der Waals surface area contributed by atoms with Crippen LogP contribution in [0.3, 0.4) is 0 Å². The summed E-state index contributed by atoms with van der Waals surface area (Å²) in [6, 6.07) is 0. The summed E-state index contributed by atoms with van der Waals surface area (Å²) < 4.78 is 5.38. The first-order valence-corrected chi connectivity index (χ1v) is 8.14. The van der Waals surface area contributed by atoms with Crippen LogP contribution in [0.15, 0.2) is 0 Å². The molecule has 0 saturated heterocycles. The topological polar surface area (TPSA) is 61.8 Å². The third-order valence-electron chi connectivity index (χ3n) is 3.60. The normalized spacial score (nSPS) is 17.8. The van der Waals surface area contributed by atoms with Crippen molar-refractivity contribution in [1.29, 1.82) is 0 Å². The van der Waals surface area contributed by atoms with Gasteiger partial charge in [0.15, 0.2) is 0 Å². The van der Waals surface area contributed by atoms with Gasteiger partial charge < -0.3 is 20.1 Å². The molecule has 5 nitrogen and oxygen atoms in total. The van der Waals surface area contributed by atoms with Crippen molar-refractivity contribution in [3.05, 3.63) is 0 Å². The maximum absolute atomic E-state index is 12.1. The highest BCUT2D eigenvalue weighted by Gasteiger charge is 2.23. The Labute approximate surface area is 129 Å². The van der Waals surface area contributed by atoms with Gasteiger partial charge in [-0.25, -0.2) is 4.79 Å². The summed E-state index contributed by atoms with van der Waals surface area (Å²) in [5, 5.41) is 12.9. The summed E-state index contributed by atoms with van der Waals surface area (Å²) in [5.41, 5.74) is -0.509. The number of aliphatic hydroxyl groups is 1. The second kappa shape index (κ2) is 8.59. The van der Waals surface area contributed by atoms with E-state index >= 15 is 0 Å². The average Bonchev–Trinajstić information content (AvgIpc) is 2.83. The van der Waals surface area contributed by atoms with Gasteiger partial charge in [-0.2, -0.15) is 0 Å². The Morgan fingerprint density at radius 2 is 2.00 bits per heavy atom. The Bertz CT molecular complexity index is 307. The highest BCUT2D eigenvalue weighted by molar-refractivity contribution is 5.68. The van der Waals surface area contributed by atoms with Gasteiger partial charge in [-0.1, -0.05) is 12.8 Å². The summed E-state index contributed by atoms with van der Waals surface area (Å²) in [6.45, 7) is 9.87. The number of hydrogen-bond donors (Lipinski definition) is 2. The number of hydrogen-bond acceptors (Lipinski definition) is 4. The van der Waals surface area contributed by atoms with Gasteiger partial charge in [-0.05, 0) is 53.0 Å². The fourth-order valence-corrected chi connectivity index (χ4v) is 2.64. The lowest BCUT2D eigenvalue weighted by Gasteiger charge is -2.28. The van der Waals surface area contributed by atoms with Crippen LogP contribution in [0.5, 0.6) is 0 Å². The van der Waals surface area contributed by atoms with E-state index in [1.54, 1.807) is 11.8 Å². The molecule has 0 spiro atoms. The molecule has 1 atom stereocenters. The number of nitrogens with one attached hydrogen (secondary N) is 1. The Balaban J connectivity index is 2.32. The van der Waals surface area contributed by atoms with Gasteiger partial charge in [0, 0.05) is 19.6 Å². The predicted octanol–water partition coefficient (Wildman–Crippen LogP) is 2.38. The highest BCUT2D eigenvalue weighted by atomic mass is 16.6. The maximum Gasteiger partial charge on any atom is 0.410 e. The lowest BCUT2D eigenvalue weighted by Crippen LogP contribution is -2.43. The summed E-state index contributed by atoms with van der Waals surface area (Å²) in [7, 11) is 0. The van der Waals surface area contributed by atoms with Gasteiger partial charge in [-0.15, -0.1) is 0 Å². The van der Waals surface area contributed by atoms with Gasteiger partial charge in [0.2, 0.25) is 0 Å². The Morgan fingerprint density at radius 3 is 2.52 bits per heavy atom. The van der Waals surface area contributed by atoms with E-state index in [0.29, 0.717) is 13.1 Å². The molecule has 2 N–H and O–H groups in total. The summed E-state index contributed by atoms with van der Waals surface area (Å²) in [4.78, 5) is 13.7. The first kappa shape index (κ1) is 18.2. The van der Waals surface area contributed by atoms with Gasteiger partial charge >= 0.3 is 6.09 Å². The third-order valence-corrected chi connectivity index (χ3v) is 3.60. The molecule has 0 aromatic rings. The first-order chi connectivity index (χ1) is 9.78. The van der Waals surface area contributed by atoms with Crippen LogP contribution in [0.2, 0.25) is 0 Å². The van der Waals surface area contributed by atoms with Gasteiger partial charge in [-0.3, -0.25) is 0 Å². The van der Waals surface area contributed by atoms with Crippen LogP contribution in [0, 0.1) is 5.92 Å². The zero-order chi connectivity index (χ0) is 15.9. The molecule has 5 heteroatoms. The maximum atomic E-state index is 12.1. The van der Waals surface area contributed by atoms with Crippen LogP contribution in [0.4, 0.5) is 4.79 Å². The summed E-state index contributed by atoms with van der Waals surface area (Å²) >= 11 is 0. The molecule has 1 saturated carbocycles. The van der Waals surface area contributed by atoms with Crippen molar-refractivity contribution in [2.24, 2.45) is 5.92 Å². The molecule has 21 heavy (non-hydrogen) atoms. The monoisotopic (exact) mass is 300 g/mol. The lowest BCUT2D eigenvalue weighted by molar-refractivity contribution is 0.0164. The number of amides is 1. The standard InChI is InChI=1S/C16H32N2O3/c1-13(19)12-18(15(20)21-16(2,3)4)10-9-17-11-14-7-5-6-8-14/h13-14,17,19H,5-12H2,1-4H3. The molecule has 0 radical (unpaired) electrons. The van der Waals surface area contributed by atoms with Crippen molar-refractivity contribution in [2.75, 3.05) is 26.2 Å². The molecule has 1 aliphatic rings. The molecule has 0 aromatic heterocycles. The van der Waals surface area contributed by atoms with Gasteiger partial charge in [0.25, 0.3) is 0 Å². The van der Waals surface area contributed by atoms with E-state index in [4.69, 9.17) is 4.74 Å². The smallest absolute Gasteiger partial charge is 0.410 e. The fourth-order valence-electron chi connectivity index (χ4n) is 2.64. The molecule has 0 aliphatic heterocycles. The van der Waals surface area contributed by atoms with E-state index in [2.05, 4.69) is 5.32 Å². The molecule has 124 valence electrons. The highest BCUT2D eigenvalue weighted by Crippen LogP contribution is 2.23. The fraction of sp³-hybridized carbons (Fsp3) is 0.938.